The summed E-state index contributed by atoms with van der Waals surface area (Å²) in [6, 6.07) is 2.82. The molecular formula is C13H18N2O5. The minimum Gasteiger partial charge on any atom is -0.493 e. The van der Waals surface area contributed by atoms with E-state index < -0.39 is 4.92 Å². The van der Waals surface area contributed by atoms with Crippen molar-refractivity contribution in [1.82, 2.24) is 5.32 Å². The first kappa shape index (κ1) is 14.4. The SMILES string of the molecule is COc1cc(OCC2CCNC2)c([N+](=O)[O-])cc1OC. The summed E-state index contributed by atoms with van der Waals surface area (Å²) in [6.07, 6.45) is 1.01. The number of nitrogens with zero attached hydrogens (tertiary/aromatic N) is 1. The highest BCUT2D eigenvalue weighted by Gasteiger charge is 2.22. The molecule has 1 aliphatic heterocycles. The second-order valence-corrected chi connectivity index (χ2v) is 4.60. The first-order chi connectivity index (χ1) is 9.65. The molecule has 0 saturated carbocycles. The van der Waals surface area contributed by atoms with Crippen molar-refractivity contribution in [2.24, 2.45) is 5.92 Å². The number of hydrogen-bond acceptors (Lipinski definition) is 6. The van der Waals surface area contributed by atoms with Crippen LogP contribution in [0.3, 0.4) is 0 Å². The zero-order valence-corrected chi connectivity index (χ0v) is 11.5. The third kappa shape index (κ3) is 3.11. The summed E-state index contributed by atoms with van der Waals surface area (Å²) in [5.41, 5.74) is -0.117. The highest BCUT2D eigenvalue weighted by Crippen LogP contribution is 2.39. The monoisotopic (exact) mass is 282 g/mol. The maximum absolute atomic E-state index is 11.1. The van der Waals surface area contributed by atoms with E-state index in [1.54, 1.807) is 0 Å². The Hall–Kier alpha value is -2.02. The van der Waals surface area contributed by atoms with Gasteiger partial charge < -0.3 is 19.5 Å². The van der Waals surface area contributed by atoms with Crippen molar-refractivity contribution in [3.63, 3.8) is 0 Å². The summed E-state index contributed by atoms with van der Waals surface area (Å²) < 4.78 is 15.8. The maximum atomic E-state index is 11.1. The van der Waals surface area contributed by atoms with Gasteiger partial charge in [-0.05, 0) is 13.0 Å². The Balaban J connectivity index is 2.21. The van der Waals surface area contributed by atoms with Crippen LogP contribution in [0.2, 0.25) is 0 Å². The van der Waals surface area contributed by atoms with Gasteiger partial charge in [0.2, 0.25) is 5.75 Å². The first-order valence-corrected chi connectivity index (χ1v) is 6.39. The lowest BCUT2D eigenvalue weighted by atomic mass is 10.1. The summed E-state index contributed by atoms with van der Waals surface area (Å²) in [6.45, 7) is 2.28. The van der Waals surface area contributed by atoms with Crippen LogP contribution in [0.15, 0.2) is 12.1 Å². The first-order valence-electron chi connectivity index (χ1n) is 6.39. The van der Waals surface area contributed by atoms with Gasteiger partial charge >= 0.3 is 5.69 Å². The summed E-state index contributed by atoms with van der Waals surface area (Å²) in [4.78, 5) is 10.6. The number of nitrogens with one attached hydrogen (secondary N) is 1. The molecule has 1 atom stereocenters. The largest absolute Gasteiger partial charge is 0.493 e. The van der Waals surface area contributed by atoms with Crippen molar-refractivity contribution in [2.45, 2.75) is 6.42 Å². The van der Waals surface area contributed by atoms with Gasteiger partial charge in [0.05, 0.1) is 31.8 Å². The fourth-order valence-corrected chi connectivity index (χ4v) is 2.17. The van der Waals surface area contributed by atoms with E-state index in [1.165, 1.54) is 26.4 Å². The molecular weight excluding hydrogens is 264 g/mol. The second kappa shape index (κ2) is 6.42. The van der Waals surface area contributed by atoms with Gasteiger partial charge in [0.15, 0.2) is 11.5 Å². The van der Waals surface area contributed by atoms with E-state index in [0.717, 1.165) is 19.5 Å². The number of benzene rings is 1. The van der Waals surface area contributed by atoms with Crippen LogP contribution in [0.5, 0.6) is 17.2 Å². The fraction of sp³-hybridized carbons (Fsp3) is 0.538. The van der Waals surface area contributed by atoms with Gasteiger partial charge in [-0.25, -0.2) is 0 Å². The van der Waals surface area contributed by atoms with Gasteiger partial charge in [-0.2, -0.15) is 0 Å². The molecule has 20 heavy (non-hydrogen) atoms. The summed E-state index contributed by atoms with van der Waals surface area (Å²) >= 11 is 0. The van der Waals surface area contributed by atoms with E-state index in [9.17, 15) is 10.1 Å². The fourth-order valence-electron chi connectivity index (χ4n) is 2.17. The lowest BCUT2D eigenvalue weighted by Crippen LogP contribution is -2.16. The molecule has 0 spiro atoms. The number of hydrogen-bond donors (Lipinski definition) is 1. The summed E-state index contributed by atoms with van der Waals surface area (Å²) in [7, 11) is 2.92. The van der Waals surface area contributed by atoms with E-state index >= 15 is 0 Å². The minimum atomic E-state index is -0.482. The quantitative estimate of drug-likeness (QED) is 0.630. The van der Waals surface area contributed by atoms with E-state index in [2.05, 4.69) is 5.32 Å². The maximum Gasteiger partial charge on any atom is 0.314 e. The Labute approximate surface area is 117 Å². The predicted octanol–water partition coefficient (Wildman–Crippen LogP) is 1.60. The van der Waals surface area contributed by atoms with Crippen LogP contribution in [-0.2, 0) is 0 Å². The second-order valence-electron chi connectivity index (χ2n) is 4.60. The number of methoxy groups -OCH3 is 2. The smallest absolute Gasteiger partial charge is 0.314 e. The molecule has 0 amide bonds. The minimum absolute atomic E-state index is 0.117. The molecule has 1 N–H and O–H groups in total. The number of nitro groups is 1. The average molecular weight is 282 g/mol. The number of nitro benzene ring substituents is 1. The van der Waals surface area contributed by atoms with Crippen LogP contribution in [0.4, 0.5) is 5.69 Å². The Kier molecular flexibility index (Phi) is 4.62. The molecule has 110 valence electrons. The van der Waals surface area contributed by atoms with Crippen molar-refractivity contribution in [3.05, 3.63) is 22.2 Å². The van der Waals surface area contributed by atoms with Crippen molar-refractivity contribution in [2.75, 3.05) is 33.9 Å². The standard InChI is InChI=1S/C13H18N2O5/c1-18-12-5-10(15(16)17)11(6-13(12)19-2)20-8-9-3-4-14-7-9/h5-6,9,14H,3-4,7-8H2,1-2H3. The molecule has 7 heteroatoms. The van der Waals surface area contributed by atoms with Gasteiger partial charge in [-0.1, -0.05) is 0 Å². The molecule has 0 aliphatic carbocycles. The highest BCUT2D eigenvalue weighted by molar-refractivity contribution is 5.58. The Bertz CT molecular complexity index is 486. The van der Waals surface area contributed by atoms with E-state index in [0.29, 0.717) is 24.0 Å². The van der Waals surface area contributed by atoms with Gasteiger partial charge in [0, 0.05) is 18.5 Å². The van der Waals surface area contributed by atoms with Crippen LogP contribution in [-0.4, -0.2) is 38.8 Å². The Morgan fingerprint density at radius 1 is 1.30 bits per heavy atom. The number of rotatable bonds is 6. The summed E-state index contributed by atoms with van der Waals surface area (Å²) in [5, 5.41) is 14.3. The zero-order valence-electron chi connectivity index (χ0n) is 11.5. The predicted molar refractivity (Wildman–Crippen MR) is 72.7 cm³/mol. The van der Waals surface area contributed by atoms with E-state index in [1.807, 2.05) is 0 Å². The van der Waals surface area contributed by atoms with Crippen LogP contribution >= 0.6 is 0 Å². The van der Waals surface area contributed by atoms with Crippen molar-refractivity contribution in [3.8, 4) is 17.2 Å². The molecule has 1 aliphatic rings. The van der Waals surface area contributed by atoms with Crippen molar-refractivity contribution < 1.29 is 19.1 Å². The van der Waals surface area contributed by atoms with E-state index in [-0.39, 0.29) is 11.4 Å². The van der Waals surface area contributed by atoms with Gasteiger partial charge in [-0.15, -0.1) is 0 Å². The molecule has 1 aromatic rings. The molecule has 0 bridgehead atoms. The van der Waals surface area contributed by atoms with Gasteiger partial charge in [0.25, 0.3) is 0 Å². The van der Waals surface area contributed by atoms with E-state index in [4.69, 9.17) is 14.2 Å². The zero-order chi connectivity index (χ0) is 14.5. The normalized spacial score (nSPS) is 17.8. The lowest BCUT2D eigenvalue weighted by Gasteiger charge is -2.13. The third-order valence-corrected chi connectivity index (χ3v) is 3.30. The number of ether oxygens (including phenoxy) is 3. The lowest BCUT2D eigenvalue weighted by molar-refractivity contribution is -0.386. The molecule has 1 saturated heterocycles. The molecule has 0 aromatic heterocycles. The molecule has 7 nitrogen and oxygen atoms in total. The molecule has 1 heterocycles. The van der Waals surface area contributed by atoms with Crippen molar-refractivity contribution in [1.29, 1.82) is 0 Å². The highest BCUT2D eigenvalue weighted by atomic mass is 16.6. The average Bonchev–Trinajstić information content (AvgIpc) is 2.97. The topological polar surface area (TPSA) is 82.9 Å². The molecule has 1 fully saturated rings. The van der Waals surface area contributed by atoms with Crippen LogP contribution < -0.4 is 19.5 Å². The Morgan fingerprint density at radius 2 is 2.00 bits per heavy atom. The van der Waals surface area contributed by atoms with Crippen LogP contribution in [0.1, 0.15) is 6.42 Å². The molecule has 0 radical (unpaired) electrons. The molecule has 1 unspecified atom stereocenters. The third-order valence-electron chi connectivity index (χ3n) is 3.30. The van der Waals surface area contributed by atoms with Gasteiger partial charge in [-0.3, -0.25) is 10.1 Å². The molecule has 2 rings (SSSR count). The van der Waals surface area contributed by atoms with Crippen molar-refractivity contribution >= 4 is 5.69 Å². The molecule has 1 aromatic carbocycles. The Morgan fingerprint density at radius 3 is 2.55 bits per heavy atom. The summed E-state index contributed by atoms with van der Waals surface area (Å²) in [5.74, 6) is 1.31. The van der Waals surface area contributed by atoms with Gasteiger partial charge in [0.1, 0.15) is 0 Å². The van der Waals surface area contributed by atoms with Crippen LogP contribution in [0.25, 0.3) is 0 Å². The van der Waals surface area contributed by atoms with Crippen LogP contribution in [0, 0.1) is 16.0 Å².